The zero-order valence-corrected chi connectivity index (χ0v) is 19.6. The van der Waals surface area contributed by atoms with Gasteiger partial charge in [0.15, 0.2) is 5.82 Å². The van der Waals surface area contributed by atoms with Gasteiger partial charge in [0.05, 0.1) is 26.4 Å². The van der Waals surface area contributed by atoms with Gasteiger partial charge in [-0.15, -0.1) is 5.10 Å². The van der Waals surface area contributed by atoms with Crippen molar-refractivity contribution in [2.75, 3.05) is 24.5 Å². The summed E-state index contributed by atoms with van der Waals surface area (Å²) >= 11 is 6.48. The molecule has 2 fully saturated rings. The number of amides is 1. The SMILES string of the molecule is Cc1ccc(S(=O)(=O)n2nc(N3CCN(C(=O)C(F)(F)F)CC34CC4)c3c(Cl)cccc32)cc1. The topological polar surface area (TPSA) is 75.5 Å². The number of nitrogens with zero attached hydrogens (tertiary/aromatic N) is 4. The first-order valence-corrected chi connectivity index (χ1v) is 12.4. The van der Waals surface area contributed by atoms with Crippen LogP contribution >= 0.6 is 11.6 Å². The van der Waals surface area contributed by atoms with E-state index in [0.717, 1.165) is 14.6 Å². The van der Waals surface area contributed by atoms with Crippen LogP contribution in [-0.2, 0) is 14.8 Å². The van der Waals surface area contributed by atoms with Crippen LogP contribution in [0.4, 0.5) is 19.0 Å². The lowest BCUT2D eigenvalue weighted by Gasteiger charge is -2.42. The molecule has 1 aliphatic carbocycles. The molecule has 0 atom stereocenters. The zero-order valence-electron chi connectivity index (χ0n) is 18.0. The van der Waals surface area contributed by atoms with E-state index in [0.29, 0.717) is 18.2 Å². The van der Waals surface area contributed by atoms with Crippen molar-refractivity contribution in [2.45, 2.75) is 36.4 Å². The lowest BCUT2D eigenvalue weighted by molar-refractivity contribution is -0.186. The quantitative estimate of drug-likeness (QED) is 0.530. The van der Waals surface area contributed by atoms with E-state index in [1.807, 2.05) is 11.8 Å². The average molecular weight is 513 g/mol. The van der Waals surface area contributed by atoms with Gasteiger partial charge in [0.1, 0.15) is 0 Å². The average Bonchev–Trinajstić information content (AvgIpc) is 3.41. The van der Waals surface area contributed by atoms with Gasteiger partial charge in [0.25, 0.3) is 10.0 Å². The van der Waals surface area contributed by atoms with Crippen LogP contribution in [-0.4, -0.2) is 59.8 Å². The lowest BCUT2D eigenvalue weighted by atomic mass is 10.1. The summed E-state index contributed by atoms with van der Waals surface area (Å²) in [6, 6.07) is 11.2. The van der Waals surface area contributed by atoms with Crippen LogP contribution in [0.5, 0.6) is 0 Å². The van der Waals surface area contributed by atoms with Crippen molar-refractivity contribution in [1.82, 2.24) is 14.1 Å². The first kappa shape index (κ1) is 23.0. The fourth-order valence-electron chi connectivity index (χ4n) is 4.50. The Hall–Kier alpha value is -2.79. The summed E-state index contributed by atoms with van der Waals surface area (Å²) in [4.78, 5) is 14.5. The van der Waals surface area contributed by atoms with E-state index in [2.05, 4.69) is 5.10 Å². The minimum absolute atomic E-state index is 0.0516. The highest BCUT2D eigenvalue weighted by atomic mass is 35.5. The molecule has 5 rings (SSSR count). The van der Waals surface area contributed by atoms with Crippen LogP contribution in [0.2, 0.25) is 5.02 Å². The van der Waals surface area contributed by atoms with Gasteiger partial charge in [-0.3, -0.25) is 4.79 Å². The monoisotopic (exact) mass is 512 g/mol. The van der Waals surface area contributed by atoms with Crippen molar-refractivity contribution in [3.05, 3.63) is 53.1 Å². The number of piperazine rings is 1. The Kier molecular flexibility index (Phi) is 5.14. The molecule has 1 saturated carbocycles. The zero-order chi connectivity index (χ0) is 24.5. The molecule has 2 aliphatic rings. The molecule has 12 heteroatoms. The van der Waals surface area contributed by atoms with E-state index in [4.69, 9.17) is 11.6 Å². The number of aromatic nitrogens is 2. The lowest BCUT2D eigenvalue weighted by Crippen LogP contribution is -2.59. The van der Waals surface area contributed by atoms with Crippen molar-refractivity contribution >= 4 is 44.3 Å². The smallest absolute Gasteiger partial charge is 0.345 e. The molecule has 7 nitrogen and oxygen atoms in total. The largest absolute Gasteiger partial charge is 0.471 e. The molecular formula is C22H20ClF3N4O3S. The molecule has 2 heterocycles. The van der Waals surface area contributed by atoms with Crippen molar-refractivity contribution in [3.8, 4) is 0 Å². The third kappa shape index (κ3) is 3.61. The molecular weight excluding hydrogens is 493 g/mol. The number of aryl methyl sites for hydroxylation is 1. The molecule has 1 aliphatic heterocycles. The van der Waals surface area contributed by atoms with Crippen LogP contribution in [0.1, 0.15) is 18.4 Å². The summed E-state index contributed by atoms with van der Waals surface area (Å²) in [6.07, 6.45) is -3.84. The van der Waals surface area contributed by atoms with E-state index >= 15 is 0 Å². The molecule has 0 N–H and O–H groups in total. The number of anilines is 1. The maximum Gasteiger partial charge on any atom is 0.471 e. The highest BCUT2D eigenvalue weighted by Gasteiger charge is 2.56. The van der Waals surface area contributed by atoms with E-state index in [-0.39, 0.29) is 40.9 Å². The van der Waals surface area contributed by atoms with Crippen LogP contribution in [0.15, 0.2) is 47.4 Å². The fourth-order valence-corrected chi connectivity index (χ4v) is 6.03. The molecule has 1 spiro atoms. The van der Waals surface area contributed by atoms with E-state index in [1.165, 1.54) is 12.1 Å². The van der Waals surface area contributed by atoms with Gasteiger partial charge in [-0.25, -0.2) is 0 Å². The van der Waals surface area contributed by atoms with Gasteiger partial charge >= 0.3 is 12.1 Å². The minimum atomic E-state index is -4.95. The molecule has 1 saturated heterocycles. The molecule has 0 unspecified atom stereocenters. The third-order valence-electron chi connectivity index (χ3n) is 6.42. The third-order valence-corrected chi connectivity index (χ3v) is 8.33. The standard InChI is InChI=1S/C22H20ClF3N4O3S/c1-14-5-7-15(8-6-14)34(32,33)30-17-4-2-3-16(23)18(17)19(27-30)29-12-11-28(13-21(29)9-10-21)20(31)22(24,25)26/h2-8H,9-13H2,1H3. The maximum atomic E-state index is 13.5. The first-order chi connectivity index (χ1) is 15.9. The molecule has 34 heavy (non-hydrogen) atoms. The predicted octanol–water partition coefficient (Wildman–Crippen LogP) is 3.98. The number of alkyl halides is 3. The molecule has 2 aromatic carbocycles. The van der Waals surface area contributed by atoms with E-state index < -0.39 is 27.6 Å². The summed E-state index contributed by atoms with van der Waals surface area (Å²) in [6.45, 7) is 1.64. The number of halogens is 4. The number of carbonyl (C=O) groups excluding carboxylic acids is 1. The van der Waals surface area contributed by atoms with Gasteiger partial charge in [0.2, 0.25) is 0 Å². The molecule has 0 radical (unpaired) electrons. The van der Waals surface area contributed by atoms with Crippen molar-refractivity contribution in [1.29, 1.82) is 0 Å². The van der Waals surface area contributed by atoms with E-state index in [1.54, 1.807) is 30.3 Å². The molecule has 1 amide bonds. The molecule has 1 aromatic heterocycles. The number of carbonyl (C=O) groups is 1. The second kappa shape index (κ2) is 7.61. The Morgan fingerprint density at radius 1 is 1.09 bits per heavy atom. The van der Waals surface area contributed by atoms with Gasteiger partial charge in [0, 0.05) is 19.6 Å². The molecule has 0 bridgehead atoms. The Balaban J connectivity index is 1.60. The number of hydrogen-bond acceptors (Lipinski definition) is 5. The van der Waals surface area contributed by atoms with Crippen LogP contribution in [0.3, 0.4) is 0 Å². The fraction of sp³-hybridized carbons (Fsp3) is 0.364. The summed E-state index contributed by atoms with van der Waals surface area (Å²) in [5, 5.41) is 5.13. The van der Waals surface area contributed by atoms with Crippen molar-refractivity contribution in [2.24, 2.45) is 0 Å². The van der Waals surface area contributed by atoms with Crippen LogP contribution in [0.25, 0.3) is 10.9 Å². The number of hydrogen-bond donors (Lipinski definition) is 0. The van der Waals surface area contributed by atoms with Crippen molar-refractivity contribution < 1.29 is 26.4 Å². The highest BCUT2D eigenvalue weighted by molar-refractivity contribution is 7.90. The Morgan fingerprint density at radius 2 is 1.76 bits per heavy atom. The maximum absolute atomic E-state index is 13.5. The number of fused-ring (bicyclic) bond motifs is 1. The second-order valence-electron chi connectivity index (χ2n) is 8.72. The van der Waals surface area contributed by atoms with Gasteiger partial charge in [-0.05, 0) is 44.0 Å². The summed E-state index contributed by atoms with van der Waals surface area (Å²) < 4.78 is 66.9. The predicted molar refractivity (Wildman–Crippen MR) is 120 cm³/mol. The van der Waals surface area contributed by atoms with E-state index in [9.17, 15) is 26.4 Å². The first-order valence-electron chi connectivity index (χ1n) is 10.6. The summed E-state index contributed by atoms with van der Waals surface area (Å²) in [5.74, 6) is -1.58. The number of rotatable bonds is 3. The second-order valence-corrected chi connectivity index (χ2v) is 10.9. The Morgan fingerprint density at radius 3 is 2.38 bits per heavy atom. The molecule has 3 aromatic rings. The van der Waals surface area contributed by atoms with Gasteiger partial charge < -0.3 is 9.80 Å². The number of benzene rings is 2. The van der Waals surface area contributed by atoms with Gasteiger partial charge in [-0.1, -0.05) is 35.4 Å². The van der Waals surface area contributed by atoms with Gasteiger partial charge in [-0.2, -0.15) is 25.7 Å². The minimum Gasteiger partial charge on any atom is -0.345 e. The summed E-state index contributed by atoms with van der Waals surface area (Å²) in [5.41, 5.74) is 0.431. The normalized spacial score (nSPS) is 18.0. The van der Waals surface area contributed by atoms with Crippen molar-refractivity contribution in [3.63, 3.8) is 0 Å². The summed E-state index contributed by atoms with van der Waals surface area (Å²) in [7, 11) is -4.07. The Labute approximate surface area is 198 Å². The Bertz CT molecular complexity index is 1400. The highest BCUT2D eigenvalue weighted by Crippen LogP contribution is 2.49. The van der Waals surface area contributed by atoms with Crippen LogP contribution < -0.4 is 4.90 Å². The van der Waals surface area contributed by atoms with Crippen LogP contribution in [0, 0.1) is 6.92 Å². The molecule has 180 valence electrons.